The number of rotatable bonds is 4. The van der Waals surface area contributed by atoms with Gasteiger partial charge in [-0.3, -0.25) is 9.59 Å². The zero-order valence-electron chi connectivity index (χ0n) is 16.7. The van der Waals surface area contributed by atoms with E-state index in [1.165, 1.54) is 24.2 Å². The molecule has 2 aromatic heterocycles. The Morgan fingerprint density at radius 3 is 2.76 bits per heavy atom. The van der Waals surface area contributed by atoms with Crippen LogP contribution in [0.25, 0.3) is 21.3 Å². The predicted molar refractivity (Wildman–Crippen MR) is 116 cm³/mol. The summed E-state index contributed by atoms with van der Waals surface area (Å²) in [6, 6.07) is 11.7. The third-order valence-electron chi connectivity index (χ3n) is 7.23. The molecule has 3 fully saturated rings. The average Bonchev–Trinajstić information content (AvgIpc) is 3.21. The minimum absolute atomic E-state index is 0.124. The molecule has 3 aromatic rings. The molecule has 2 bridgehead atoms. The van der Waals surface area contributed by atoms with Crippen molar-refractivity contribution in [3.63, 3.8) is 0 Å². The molecule has 0 spiro atoms. The number of amides is 1. The zero-order valence-corrected chi connectivity index (χ0v) is 17.5. The number of thiophene rings is 1. The third-order valence-corrected chi connectivity index (χ3v) is 8.14. The highest BCUT2D eigenvalue weighted by atomic mass is 32.1. The molecule has 6 heteroatoms. The molecule has 5 nitrogen and oxygen atoms in total. The molecule has 6 rings (SSSR count). The number of hydrogen-bond acceptors (Lipinski definition) is 4. The van der Waals surface area contributed by atoms with Crippen LogP contribution in [0.3, 0.4) is 0 Å². The lowest BCUT2D eigenvalue weighted by Gasteiger charge is -2.60. The van der Waals surface area contributed by atoms with Gasteiger partial charge in [0.15, 0.2) is 0 Å². The van der Waals surface area contributed by atoms with Crippen molar-refractivity contribution in [2.45, 2.75) is 39.5 Å². The van der Waals surface area contributed by atoms with E-state index in [-0.39, 0.29) is 11.5 Å². The van der Waals surface area contributed by atoms with E-state index in [1.807, 2.05) is 41.8 Å². The van der Waals surface area contributed by atoms with Crippen LogP contribution >= 0.6 is 11.3 Å². The molecule has 1 amide bonds. The van der Waals surface area contributed by atoms with Crippen LogP contribution in [0.4, 0.5) is 0 Å². The maximum absolute atomic E-state index is 12.9. The molecule has 3 saturated carbocycles. The summed E-state index contributed by atoms with van der Waals surface area (Å²) in [6.07, 6.45) is 4.01. The lowest BCUT2D eigenvalue weighted by molar-refractivity contribution is -0.129. The van der Waals surface area contributed by atoms with Crippen LogP contribution < -0.4 is 11.0 Å². The summed E-state index contributed by atoms with van der Waals surface area (Å²) >= 11 is 1.38. The van der Waals surface area contributed by atoms with Crippen LogP contribution in [-0.4, -0.2) is 15.8 Å². The Morgan fingerprint density at radius 2 is 2.03 bits per heavy atom. The lowest BCUT2D eigenvalue weighted by Crippen LogP contribution is -2.53. The highest BCUT2D eigenvalue weighted by Crippen LogP contribution is 2.61. The van der Waals surface area contributed by atoms with Crippen LogP contribution in [0.15, 0.2) is 46.6 Å². The topological polar surface area (TPSA) is 64.0 Å². The Hall–Kier alpha value is -2.47. The second-order valence-corrected chi connectivity index (χ2v) is 9.95. The first kappa shape index (κ1) is 18.6. The van der Waals surface area contributed by atoms with Gasteiger partial charge in [0.25, 0.3) is 0 Å². The predicted octanol–water partition coefficient (Wildman–Crippen LogP) is 4.66. The molecular weight excluding hydrogens is 382 g/mol. The van der Waals surface area contributed by atoms with Crippen molar-refractivity contribution in [1.29, 1.82) is 0 Å². The number of hydrogen-bond donors (Lipinski definition) is 1. The molecule has 1 N–H and O–H groups in total. The van der Waals surface area contributed by atoms with Gasteiger partial charge in [-0.05, 0) is 53.9 Å². The van der Waals surface area contributed by atoms with Gasteiger partial charge in [0.1, 0.15) is 10.4 Å². The Labute approximate surface area is 173 Å². The fourth-order valence-electron chi connectivity index (χ4n) is 5.45. The van der Waals surface area contributed by atoms with Crippen molar-refractivity contribution in [3.8, 4) is 11.3 Å². The largest absolute Gasteiger partial charge is 0.304 e. The molecule has 0 unspecified atom stereocenters. The number of benzene rings is 1. The first-order chi connectivity index (χ1) is 13.9. The first-order valence-corrected chi connectivity index (χ1v) is 11.2. The summed E-state index contributed by atoms with van der Waals surface area (Å²) in [5.74, 6) is 1.69. The van der Waals surface area contributed by atoms with Gasteiger partial charge in [0.2, 0.25) is 5.91 Å². The molecule has 0 saturated heterocycles. The van der Waals surface area contributed by atoms with Crippen molar-refractivity contribution in [3.05, 3.63) is 52.1 Å². The molecule has 29 heavy (non-hydrogen) atoms. The quantitative estimate of drug-likeness (QED) is 0.684. The molecule has 1 aromatic carbocycles. The fourth-order valence-corrected chi connectivity index (χ4v) is 6.27. The van der Waals surface area contributed by atoms with E-state index in [1.54, 1.807) is 0 Å². The highest BCUT2D eigenvalue weighted by molar-refractivity contribution is 7.17. The molecular formula is C23H25N3O2S. The summed E-state index contributed by atoms with van der Waals surface area (Å²) in [5, 5.41) is 7.23. The number of aromatic nitrogens is 2. The van der Waals surface area contributed by atoms with Crippen LogP contribution in [0.5, 0.6) is 0 Å². The van der Waals surface area contributed by atoms with E-state index >= 15 is 0 Å². The minimum Gasteiger partial charge on any atom is -0.273 e. The van der Waals surface area contributed by atoms with E-state index in [0.29, 0.717) is 34.1 Å². The Kier molecular flexibility index (Phi) is 4.35. The summed E-state index contributed by atoms with van der Waals surface area (Å²) in [4.78, 5) is 26.8. The summed E-state index contributed by atoms with van der Waals surface area (Å²) in [5.41, 5.74) is 4.48. The summed E-state index contributed by atoms with van der Waals surface area (Å²) in [6.45, 7) is 4.66. The Balaban J connectivity index is 1.43. The zero-order chi connectivity index (χ0) is 20.2. The van der Waals surface area contributed by atoms with E-state index in [4.69, 9.17) is 0 Å². The molecule has 3 aliphatic carbocycles. The maximum Gasteiger partial charge on any atom is 0.304 e. The molecule has 3 atom stereocenters. The Bertz CT molecular complexity index is 1130. The second kappa shape index (κ2) is 6.80. The molecule has 2 heterocycles. The average molecular weight is 408 g/mol. The van der Waals surface area contributed by atoms with Gasteiger partial charge in [0, 0.05) is 17.4 Å². The van der Waals surface area contributed by atoms with Gasteiger partial charge in [-0.2, -0.15) is 0 Å². The third kappa shape index (κ3) is 3.01. The first-order valence-electron chi connectivity index (χ1n) is 10.3. The number of nitrogens with zero attached hydrogens (tertiary/aromatic N) is 2. The molecule has 0 radical (unpaired) electrons. The van der Waals surface area contributed by atoms with Crippen molar-refractivity contribution < 1.29 is 4.79 Å². The van der Waals surface area contributed by atoms with Gasteiger partial charge in [-0.25, -0.2) is 5.43 Å². The van der Waals surface area contributed by atoms with Gasteiger partial charge in [-0.15, -0.1) is 21.2 Å². The SMILES string of the molecule is CC1(C)[C@H]2CC[C@@H](CC(=O)Nn3nc(-c4ccccc4)c4ccsc4c3=O)[C@@H]1C2. The number of fused-ring (bicyclic) bond motifs is 3. The normalized spacial score (nSPS) is 24.8. The van der Waals surface area contributed by atoms with Gasteiger partial charge >= 0.3 is 5.56 Å². The van der Waals surface area contributed by atoms with Crippen molar-refractivity contribution in [2.24, 2.45) is 23.2 Å². The van der Waals surface area contributed by atoms with Gasteiger partial charge < -0.3 is 0 Å². The van der Waals surface area contributed by atoms with Gasteiger partial charge in [0.05, 0.1) is 0 Å². The van der Waals surface area contributed by atoms with Crippen molar-refractivity contribution in [2.75, 3.05) is 5.43 Å². The minimum atomic E-state index is -0.268. The lowest BCUT2D eigenvalue weighted by atomic mass is 9.45. The van der Waals surface area contributed by atoms with Crippen LogP contribution in [-0.2, 0) is 4.79 Å². The summed E-state index contributed by atoms with van der Waals surface area (Å²) < 4.78 is 0.611. The van der Waals surface area contributed by atoms with E-state index in [2.05, 4.69) is 24.4 Å². The van der Waals surface area contributed by atoms with Crippen molar-refractivity contribution in [1.82, 2.24) is 9.89 Å². The number of nitrogens with one attached hydrogen (secondary N) is 1. The Morgan fingerprint density at radius 1 is 1.24 bits per heavy atom. The standard InChI is InChI=1S/C23H25N3O2S/c1-23(2)16-9-8-15(18(23)13-16)12-19(27)24-26-22(28)21-17(10-11-29-21)20(25-26)14-6-4-3-5-7-14/h3-7,10-11,15-16,18H,8-9,12-13H2,1-2H3,(H,24,27)/t15-,16-,18-/m0/s1. The van der Waals surface area contributed by atoms with Gasteiger partial charge in [-0.1, -0.05) is 44.2 Å². The number of carbonyl (C=O) groups excluding carboxylic acids is 1. The monoisotopic (exact) mass is 407 g/mol. The summed E-state index contributed by atoms with van der Waals surface area (Å²) in [7, 11) is 0. The van der Waals surface area contributed by atoms with E-state index in [9.17, 15) is 9.59 Å². The smallest absolute Gasteiger partial charge is 0.273 e. The molecule has 0 aliphatic heterocycles. The van der Waals surface area contributed by atoms with E-state index in [0.717, 1.165) is 28.1 Å². The maximum atomic E-state index is 12.9. The van der Waals surface area contributed by atoms with Crippen LogP contribution in [0, 0.1) is 23.2 Å². The number of carbonyl (C=O) groups is 1. The van der Waals surface area contributed by atoms with E-state index < -0.39 is 0 Å². The molecule has 3 aliphatic rings. The van der Waals surface area contributed by atoms with Crippen LogP contribution in [0.2, 0.25) is 0 Å². The fraction of sp³-hybridized carbons (Fsp3) is 0.435. The molecule has 150 valence electrons. The van der Waals surface area contributed by atoms with Crippen LogP contribution in [0.1, 0.15) is 39.5 Å². The highest BCUT2D eigenvalue weighted by Gasteiger charge is 2.54. The second-order valence-electron chi connectivity index (χ2n) is 9.03. The van der Waals surface area contributed by atoms with Crippen molar-refractivity contribution >= 4 is 27.3 Å².